The number of hydrogen-bond acceptors (Lipinski definition) is 4. The summed E-state index contributed by atoms with van der Waals surface area (Å²) in [5, 5.41) is 3.91. The van der Waals surface area contributed by atoms with Gasteiger partial charge in [0, 0.05) is 24.2 Å². The lowest BCUT2D eigenvalue weighted by atomic mass is 9.83. The monoisotopic (exact) mass is 441 g/mol. The lowest BCUT2D eigenvalue weighted by Crippen LogP contribution is -2.48. The Morgan fingerprint density at radius 2 is 1.90 bits per heavy atom. The lowest BCUT2D eigenvalue weighted by Gasteiger charge is -2.39. The van der Waals surface area contributed by atoms with Crippen LogP contribution >= 0.6 is 11.6 Å². The van der Waals surface area contributed by atoms with Gasteiger partial charge in [0.15, 0.2) is 0 Å². The number of ether oxygens (including phenoxy) is 1. The third-order valence-electron chi connectivity index (χ3n) is 6.76. The van der Waals surface area contributed by atoms with Gasteiger partial charge < -0.3 is 15.0 Å². The molecule has 0 spiro atoms. The minimum Gasteiger partial charge on any atom is -0.495 e. The minimum absolute atomic E-state index is 0.00426. The molecule has 2 heterocycles. The molecule has 0 aromatic heterocycles. The third kappa shape index (κ3) is 5.22. The first-order valence-electron chi connectivity index (χ1n) is 11.2. The van der Waals surface area contributed by atoms with E-state index in [1.165, 1.54) is 18.4 Å². The van der Waals surface area contributed by atoms with Gasteiger partial charge in [-0.25, -0.2) is 0 Å². The maximum atomic E-state index is 13.3. The summed E-state index contributed by atoms with van der Waals surface area (Å²) in [7, 11) is 3.80. The maximum Gasteiger partial charge on any atom is 0.229 e. The molecular formula is C25H32ClN3O2. The highest BCUT2D eigenvalue weighted by Gasteiger charge is 2.42. The van der Waals surface area contributed by atoms with Crippen molar-refractivity contribution in [3.63, 3.8) is 0 Å². The maximum absolute atomic E-state index is 13.3. The second-order valence-electron chi connectivity index (χ2n) is 8.82. The summed E-state index contributed by atoms with van der Waals surface area (Å²) < 4.78 is 5.41. The van der Waals surface area contributed by atoms with E-state index >= 15 is 0 Å². The fourth-order valence-electron chi connectivity index (χ4n) is 5.28. The number of para-hydroxylation sites is 2. The molecule has 2 aromatic carbocycles. The first kappa shape index (κ1) is 22.1. The van der Waals surface area contributed by atoms with E-state index in [1.807, 2.05) is 36.4 Å². The molecule has 3 atom stereocenters. The van der Waals surface area contributed by atoms with Crippen LogP contribution in [0, 0.1) is 11.8 Å². The molecule has 4 rings (SSSR count). The van der Waals surface area contributed by atoms with Crippen LogP contribution in [0.5, 0.6) is 5.75 Å². The first-order chi connectivity index (χ1) is 15.0. The van der Waals surface area contributed by atoms with Gasteiger partial charge in [0.2, 0.25) is 5.91 Å². The SMILES string of the molecule is COc1ccccc1NC(=O)[C@@H]1CCN(C)[C@H]1C1CCCN(Cc2ccc(Cl)cc2)C1. The molecule has 2 aliphatic heterocycles. The number of benzene rings is 2. The molecule has 0 radical (unpaired) electrons. The molecule has 0 aliphatic carbocycles. The van der Waals surface area contributed by atoms with Gasteiger partial charge in [-0.15, -0.1) is 0 Å². The van der Waals surface area contributed by atoms with E-state index in [0.29, 0.717) is 11.7 Å². The number of amides is 1. The second kappa shape index (κ2) is 10.0. The van der Waals surface area contributed by atoms with Crippen molar-refractivity contribution in [2.45, 2.75) is 31.8 Å². The second-order valence-corrected chi connectivity index (χ2v) is 9.26. The van der Waals surface area contributed by atoms with Crippen LogP contribution < -0.4 is 10.1 Å². The van der Waals surface area contributed by atoms with Gasteiger partial charge in [-0.2, -0.15) is 0 Å². The number of halogens is 1. The number of anilines is 1. The Bertz CT molecular complexity index is 889. The van der Waals surface area contributed by atoms with Crippen molar-refractivity contribution in [2.75, 3.05) is 39.1 Å². The Morgan fingerprint density at radius 3 is 2.68 bits per heavy atom. The predicted molar refractivity (Wildman–Crippen MR) is 126 cm³/mol. The normalized spacial score (nSPS) is 24.8. The predicted octanol–water partition coefficient (Wildman–Crippen LogP) is 4.52. The topological polar surface area (TPSA) is 44.8 Å². The Hall–Kier alpha value is -2.08. The van der Waals surface area contributed by atoms with Crippen molar-refractivity contribution in [2.24, 2.45) is 11.8 Å². The highest BCUT2D eigenvalue weighted by atomic mass is 35.5. The fraction of sp³-hybridized carbons (Fsp3) is 0.480. The van der Waals surface area contributed by atoms with Gasteiger partial charge in [0.1, 0.15) is 5.75 Å². The summed E-state index contributed by atoms with van der Waals surface area (Å²) in [5.74, 6) is 1.29. The van der Waals surface area contributed by atoms with Crippen LogP contribution in [0.3, 0.4) is 0 Å². The fourth-order valence-corrected chi connectivity index (χ4v) is 5.41. The Kier molecular flexibility index (Phi) is 7.16. The van der Waals surface area contributed by atoms with Crippen LogP contribution in [0.2, 0.25) is 5.02 Å². The summed E-state index contributed by atoms with van der Waals surface area (Å²) in [6.45, 7) is 4.02. The third-order valence-corrected chi connectivity index (χ3v) is 7.01. The van der Waals surface area contributed by atoms with Crippen LogP contribution in [0.15, 0.2) is 48.5 Å². The molecule has 1 N–H and O–H groups in total. The molecule has 5 nitrogen and oxygen atoms in total. The zero-order chi connectivity index (χ0) is 21.8. The number of rotatable bonds is 6. The smallest absolute Gasteiger partial charge is 0.229 e. The van der Waals surface area contributed by atoms with E-state index in [-0.39, 0.29) is 17.9 Å². The van der Waals surface area contributed by atoms with Gasteiger partial charge in [-0.3, -0.25) is 9.69 Å². The molecule has 2 aromatic rings. The van der Waals surface area contributed by atoms with Gasteiger partial charge >= 0.3 is 0 Å². The molecule has 2 saturated heterocycles. The molecule has 1 unspecified atom stereocenters. The van der Waals surface area contributed by atoms with Crippen molar-refractivity contribution in [1.29, 1.82) is 0 Å². The van der Waals surface area contributed by atoms with Gasteiger partial charge in [-0.05, 0) is 75.1 Å². The van der Waals surface area contributed by atoms with Crippen molar-refractivity contribution in [1.82, 2.24) is 9.80 Å². The van der Waals surface area contributed by atoms with E-state index in [0.717, 1.165) is 43.3 Å². The summed E-state index contributed by atoms with van der Waals surface area (Å²) in [6.07, 6.45) is 3.24. The van der Waals surface area contributed by atoms with Crippen LogP contribution in [0.1, 0.15) is 24.8 Å². The average Bonchev–Trinajstić information content (AvgIpc) is 3.17. The van der Waals surface area contributed by atoms with Crippen molar-refractivity contribution in [3.8, 4) is 5.75 Å². The molecule has 2 fully saturated rings. The van der Waals surface area contributed by atoms with E-state index in [9.17, 15) is 4.79 Å². The van der Waals surface area contributed by atoms with Crippen molar-refractivity contribution in [3.05, 3.63) is 59.1 Å². The van der Waals surface area contributed by atoms with Crippen LogP contribution in [0.4, 0.5) is 5.69 Å². The largest absolute Gasteiger partial charge is 0.495 e. The molecule has 1 amide bonds. The van der Waals surface area contributed by atoms with Crippen LogP contribution in [-0.2, 0) is 11.3 Å². The van der Waals surface area contributed by atoms with Crippen LogP contribution in [0.25, 0.3) is 0 Å². The van der Waals surface area contributed by atoms with E-state index in [2.05, 4.69) is 34.3 Å². The van der Waals surface area contributed by atoms with E-state index in [1.54, 1.807) is 7.11 Å². The summed E-state index contributed by atoms with van der Waals surface area (Å²) in [6, 6.07) is 16.0. The number of piperidine rings is 1. The Labute approximate surface area is 190 Å². The quantitative estimate of drug-likeness (QED) is 0.715. The highest BCUT2D eigenvalue weighted by Crippen LogP contribution is 2.35. The molecule has 6 heteroatoms. The standard InChI is InChI=1S/C25H32ClN3O2/c1-28-15-13-21(25(30)27-22-7-3-4-8-23(22)31-2)24(28)19-6-5-14-29(17-19)16-18-9-11-20(26)12-10-18/h3-4,7-12,19,21,24H,5-6,13-17H2,1-2H3,(H,27,30)/t19?,21-,24+/m1/s1. The Balaban J connectivity index is 1.43. The van der Waals surface area contributed by atoms with E-state index in [4.69, 9.17) is 16.3 Å². The zero-order valence-electron chi connectivity index (χ0n) is 18.4. The Morgan fingerprint density at radius 1 is 1.13 bits per heavy atom. The summed E-state index contributed by atoms with van der Waals surface area (Å²) in [4.78, 5) is 18.2. The average molecular weight is 442 g/mol. The summed E-state index contributed by atoms with van der Waals surface area (Å²) in [5.41, 5.74) is 2.03. The number of carbonyl (C=O) groups excluding carboxylic acids is 1. The highest BCUT2D eigenvalue weighted by molar-refractivity contribution is 6.30. The first-order valence-corrected chi connectivity index (χ1v) is 11.5. The van der Waals surface area contributed by atoms with Crippen molar-refractivity contribution >= 4 is 23.2 Å². The number of hydrogen-bond donors (Lipinski definition) is 1. The van der Waals surface area contributed by atoms with E-state index < -0.39 is 0 Å². The van der Waals surface area contributed by atoms with Gasteiger partial charge in [0.05, 0.1) is 18.7 Å². The van der Waals surface area contributed by atoms with Crippen LogP contribution in [-0.4, -0.2) is 55.5 Å². The van der Waals surface area contributed by atoms with Gasteiger partial charge in [0.25, 0.3) is 0 Å². The molecule has 0 bridgehead atoms. The minimum atomic E-state index is -0.00426. The number of carbonyl (C=O) groups is 1. The molecule has 2 aliphatic rings. The lowest BCUT2D eigenvalue weighted by molar-refractivity contribution is -0.121. The van der Waals surface area contributed by atoms with Crippen molar-refractivity contribution < 1.29 is 9.53 Å². The number of nitrogens with zero attached hydrogens (tertiary/aromatic N) is 2. The zero-order valence-corrected chi connectivity index (χ0v) is 19.1. The van der Waals surface area contributed by atoms with Gasteiger partial charge in [-0.1, -0.05) is 35.9 Å². The molecule has 31 heavy (non-hydrogen) atoms. The molecular weight excluding hydrogens is 410 g/mol. The molecule has 0 saturated carbocycles. The molecule has 166 valence electrons. The number of likely N-dealkylation sites (tertiary alicyclic amines) is 2. The number of methoxy groups -OCH3 is 1. The summed E-state index contributed by atoms with van der Waals surface area (Å²) >= 11 is 6.04. The number of nitrogens with one attached hydrogen (secondary N) is 1.